The van der Waals surface area contributed by atoms with Gasteiger partial charge in [0, 0.05) is 6.92 Å². The molecule has 0 aliphatic rings. The molecule has 0 aliphatic heterocycles. The second kappa shape index (κ2) is 4.81. The number of aliphatic hydroxyl groups excluding tert-OH is 2. The zero-order valence-corrected chi connectivity index (χ0v) is 6.39. The van der Waals surface area contributed by atoms with Gasteiger partial charge in [0.25, 0.3) is 6.29 Å². The van der Waals surface area contributed by atoms with E-state index in [0.29, 0.717) is 0 Å². The summed E-state index contributed by atoms with van der Waals surface area (Å²) in [4.78, 5) is 20.6. The quantitative estimate of drug-likeness (QED) is 0.300. The monoisotopic (exact) mass is 177 g/mol. The highest BCUT2D eigenvalue weighted by Crippen LogP contribution is 1.96. The number of ether oxygens (including phenoxy) is 1. The fourth-order valence-corrected chi connectivity index (χ4v) is 0.353. The van der Waals surface area contributed by atoms with Gasteiger partial charge < -0.3 is 14.9 Å². The molecule has 0 aromatic heterocycles. The molecule has 1 radical (unpaired) electrons. The van der Waals surface area contributed by atoms with Gasteiger partial charge in [0.05, 0.1) is 6.61 Å². The average Bonchev–Trinajstić information content (AvgIpc) is 2.02. The largest absolute Gasteiger partial charge is 0.424 e. The van der Waals surface area contributed by atoms with Crippen molar-refractivity contribution in [3.05, 3.63) is 0 Å². The Morgan fingerprint density at radius 2 is 2.00 bits per heavy atom. The zero-order valence-electron chi connectivity index (χ0n) is 6.39. The molecule has 0 spiro atoms. The lowest BCUT2D eigenvalue weighted by Gasteiger charge is -2.12. The van der Waals surface area contributed by atoms with Crippen LogP contribution in [0.3, 0.4) is 0 Å². The fraction of sp³-hybridized carbons (Fsp3) is 0.667. The van der Waals surface area contributed by atoms with E-state index in [0.717, 1.165) is 6.92 Å². The van der Waals surface area contributed by atoms with Gasteiger partial charge in [-0.2, -0.15) is 5.11 Å². The lowest BCUT2D eigenvalue weighted by atomic mass is 10.3. The highest BCUT2D eigenvalue weighted by Gasteiger charge is 2.23. The smallest absolute Gasteiger partial charge is 0.376 e. The summed E-state index contributed by atoms with van der Waals surface area (Å²) in [6.45, 7) is 0.111. The number of carbonyl (C=O) groups is 2. The third-order valence-electron chi connectivity index (χ3n) is 1.01. The van der Waals surface area contributed by atoms with Crippen LogP contribution in [-0.2, 0) is 19.4 Å². The average molecular weight is 177 g/mol. The van der Waals surface area contributed by atoms with E-state index in [2.05, 4.69) is 4.74 Å². The first-order chi connectivity index (χ1) is 5.49. The van der Waals surface area contributed by atoms with E-state index in [9.17, 15) is 14.7 Å². The molecule has 0 amide bonds. The van der Waals surface area contributed by atoms with Crippen LogP contribution in [0.4, 0.5) is 0 Å². The second-order valence-electron chi connectivity index (χ2n) is 2.08. The van der Waals surface area contributed by atoms with Crippen LogP contribution in [-0.4, -0.2) is 41.0 Å². The summed E-state index contributed by atoms with van der Waals surface area (Å²) >= 11 is 0. The molecule has 2 N–H and O–H groups in total. The van der Waals surface area contributed by atoms with E-state index in [4.69, 9.17) is 10.2 Å². The molecule has 6 heteroatoms. The topological polar surface area (TPSA) is 104 Å². The molecule has 0 saturated heterocycles. The van der Waals surface area contributed by atoms with E-state index in [1.807, 2.05) is 0 Å². The van der Waals surface area contributed by atoms with Gasteiger partial charge in [-0.15, -0.1) is 0 Å². The van der Waals surface area contributed by atoms with Crippen molar-refractivity contribution in [3.8, 4) is 0 Å². The number of carbonyl (C=O) groups excluding carboxylic acids is 2. The first-order valence-corrected chi connectivity index (χ1v) is 3.15. The van der Waals surface area contributed by atoms with Gasteiger partial charge in [0.15, 0.2) is 0 Å². The lowest BCUT2D eigenvalue weighted by Crippen LogP contribution is -2.34. The molecule has 2 atom stereocenters. The van der Waals surface area contributed by atoms with Crippen molar-refractivity contribution in [2.75, 3.05) is 6.61 Å². The normalized spacial score (nSPS) is 15.0. The summed E-state index contributed by atoms with van der Waals surface area (Å²) in [7, 11) is 0. The first-order valence-electron chi connectivity index (χ1n) is 3.15. The Labute approximate surface area is 68.4 Å². The Balaban J connectivity index is 3.92. The van der Waals surface area contributed by atoms with Crippen molar-refractivity contribution in [1.82, 2.24) is 0 Å². The zero-order chi connectivity index (χ0) is 9.72. The van der Waals surface area contributed by atoms with Crippen LogP contribution >= 0.6 is 0 Å². The SMILES string of the molecule is CC(=O)C(=O)OC([O])C(O)CO. The molecule has 0 aromatic carbocycles. The predicted octanol–water partition coefficient (Wildman–Crippen LogP) is -1.77. The van der Waals surface area contributed by atoms with Crippen LogP contribution in [0.25, 0.3) is 0 Å². The number of ketones is 1. The number of Topliss-reactive ketones (excluding diaryl/α,β-unsaturated/α-hetero) is 1. The molecule has 0 bridgehead atoms. The van der Waals surface area contributed by atoms with Crippen molar-refractivity contribution in [2.24, 2.45) is 0 Å². The van der Waals surface area contributed by atoms with Gasteiger partial charge in [-0.05, 0) is 0 Å². The Morgan fingerprint density at radius 3 is 2.33 bits per heavy atom. The van der Waals surface area contributed by atoms with E-state index < -0.39 is 30.8 Å². The molecule has 0 saturated carbocycles. The molecule has 0 aliphatic carbocycles. The van der Waals surface area contributed by atoms with Gasteiger partial charge in [-0.3, -0.25) is 4.79 Å². The summed E-state index contributed by atoms with van der Waals surface area (Å²) in [5, 5.41) is 27.4. The molecule has 12 heavy (non-hydrogen) atoms. The van der Waals surface area contributed by atoms with Crippen LogP contribution in [0.15, 0.2) is 0 Å². The molecule has 0 aromatic rings. The first kappa shape index (κ1) is 11.0. The summed E-state index contributed by atoms with van der Waals surface area (Å²) in [5.41, 5.74) is 0. The third kappa shape index (κ3) is 3.42. The van der Waals surface area contributed by atoms with Gasteiger partial charge in [-0.1, -0.05) is 0 Å². The van der Waals surface area contributed by atoms with Crippen LogP contribution in [0, 0.1) is 0 Å². The van der Waals surface area contributed by atoms with Crippen LogP contribution in [0.2, 0.25) is 0 Å². The van der Waals surface area contributed by atoms with Gasteiger partial charge in [0.1, 0.15) is 6.10 Å². The maximum Gasteiger partial charge on any atom is 0.376 e. The highest BCUT2D eigenvalue weighted by molar-refractivity contribution is 6.32. The fourth-order valence-electron chi connectivity index (χ4n) is 0.353. The molecule has 0 rings (SSSR count). The third-order valence-corrected chi connectivity index (χ3v) is 1.01. The molecular weight excluding hydrogens is 168 g/mol. The van der Waals surface area contributed by atoms with E-state index in [1.54, 1.807) is 0 Å². The summed E-state index contributed by atoms with van der Waals surface area (Å²) < 4.78 is 3.91. The lowest BCUT2D eigenvalue weighted by molar-refractivity contribution is -0.207. The minimum Gasteiger partial charge on any atom is -0.424 e. The van der Waals surface area contributed by atoms with Crippen LogP contribution in [0.1, 0.15) is 6.92 Å². The molecule has 2 unspecified atom stereocenters. The van der Waals surface area contributed by atoms with E-state index in [1.165, 1.54) is 0 Å². The molecule has 6 nitrogen and oxygen atoms in total. The minimum absolute atomic E-state index is 0.820. The van der Waals surface area contributed by atoms with E-state index >= 15 is 0 Å². The highest BCUT2D eigenvalue weighted by atomic mass is 16.6. The Hall–Kier alpha value is -0.980. The van der Waals surface area contributed by atoms with Crippen molar-refractivity contribution in [1.29, 1.82) is 0 Å². The molecule has 0 heterocycles. The predicted molar refractivity (Wildman–Crippen MR) is 34.3 cm³/mol. The summed E-state index contributed by atoms with van der Waals surface area (Å²) in [6.07, 6.45) is -3.82. The Bertz CT molecular complexity index is 177. The second-order valence-corrected chi connectivity index (χ2v) is 2.08. The number of esters is 1. The number of hydrogen-bond acceptors (Lipinski definition) is 5. The number of rotatable bonds is 4. The Morgan fingerprint density at radius 1 is 1.50 bits per heavy atom. The number of aliphatic hydroxyl groups is 2. The summed E-state index contributed by atoms with van der Waals surface area (Å²) in [5.74, 6) is -2.25. The maximum atomic E-state index is 10.6. The molecular formula is C6H9O6. The van der Waals surface area contributed by atoms with Gasteiger partial charge >= 0.3 is 5.97 Å². The van der Waals surface area contributed by atoms with Crippen LogP contribution < -0.4 is 0 Å². The number of hydrogen-bond donors (Lipinski definition) is 2. The maximum absolute atomic E-state index is 10.6. The van der Waals surface area contributed by atoms with Gasteiger partial charge in [0.2, 0.25) is 5.78 Å². The van der Waals surface area contributed by atoms with Crippen molar-refractivity contribution in [3.63, 3.8) is 0 Å². The molecule has 69 valence electrons. The Kier molecular flexibility index (Phi) is 4.42. The van der Waals surface area contributed by atoms with Crippen molar-refractivity contribution >= 4 is 11.8 Å². The van der Waals surface area contributed by atoms with Crippen LogP contribution in [0.5, 0.6) is 0 Å². The van der Waals surface area contributed by atoms with Gasteiger partial charge in [-0.25, -0.2) is 4.79 Å². The summed E-state index contributed by atoms with van der Waals surface area (Å²) in [6, 6.07) is 0. The minimum atomic E-state index is -2.12. The van der Waals surface area contributed by atoms with E-state index in [-0.39, 0.29) is 0 Å². The molecule has 0 fully saturated rings. The van der Waals surface area contributed by atoms with Crippen molar-refractivity contribution in [2.45, 2.75) is 19.3 Å². The standard InChI is InChI=1S/C6H9O6/c1-3(8)5(10)12-6(11)4(9)2-7/h4,6-7,9H,2H2,1H3. The van der Waals surface area contributed by atoms with Crippen molar-refractivity contribution < 1.29 is 29.6 Å².